The fourth-order valence-electron chi connectivity index (χ4n) is 4.60. The lowest BCUT2D eigenvalue weighted by atomic mass is 9.68. The summed E-state index contributed by atoms with van der Waals surface area (Å²) in [6.07, 6.45) is 4.06. The highest BCUT2D eigenvalue weighted by atomic mass is 79.9. The van der Waals surface area contributed by atoms with Crippen molar-refractivity contribution in [2.24, 2.45) is 22.5 Å². The van der Waals surface area contributed by atoms with E-state index in [1.165, 1.54) is 19.3 Å². The zero-order valence-electron chi connectivity index (χ0n) is 12.9. The highest BCUT2D eigenvalue weighted by molar-refractivity contribution is 9.10. The van der Waals surface area contributed by atoms with Crippen molar-refractivity contribution in [1.29, 1.82) is 0 Å². The van der Waals surface area contributed by atoms with Crippen molar-refractivity contribution in [2.75, 3.05) is 5.32 Å². The molecule has 0 radical (unpaired) electrons. The predicted molar refractivity (Wildman–Crippen MR) is 96.7 cm³/mol. The van der Waals surface area contributed by atoms with Gasteiger partial charge in [-0.05, 0) is 70.1 Å². The summed E-state index contributed by atoms with van der Waals surface area (Å²) in [5.41, 5.74) is 8.50. The summed E-state index contributed by atoms with van der Waals surface area (Å²) in [6, 6.07) is 6.60. The van der Waals surface area contributed by atoms with Gasteiger partial charge < -0.3 is 11.1 Å². The number of fused-ring (bicyclic) bond motifs is 2. The monoisotopic (exact) mass is 366 g/mol. The van der Waals surface area contributed by atoms with E-state index in [9.17, 15) is 0 Å². The van der Waals surface area contributed by atoms with Crippen LogP contribution >= 0.6 is 28.1 Å². The molecule has 2 bridgehead atoms. The van der Waals surface area contributed by atoms with Crippen molar-refractivity contribution in [1.82, 2.24) is 0 Å². The lowest BCUT2D eigenvalue weighted by Gasteiger charge is -2.43. The molecule has 0 spiro atoms. The molecule has 2 nitrogen and oxygen atoms in total. The second kappa shape index (κ2) is 4.95. The van der Waals surface area contributed by atoms with Crippen molar-refractivity contribution >= 4 is 38.8 Å². The average molecular weight is 367 g/mol. The van der Waals surface area contributed by atoms with Crippen LogP contribution in [-0.4, -0.2) is 11.0 Å². The minimum absolute atomic E-state index is 0.342. The minimum atomic E-state index is 0.342. The fraction of sp³-hybridized carbons (Fsp3) is 0.588. The molecule has 3 unspecified atom stereocenters. The van der Waals surface area contributed by atoms with E-state index in [-0.39, 0.29) is 0 Å². The number of thiocarbonyl (C=S) groups is 1. The van der Waals surface area contributed by atoms with E-state index in [2.05, 4.69) is 48.1 Å². The van der Waals surface area contributed by atoms with E-state index >= 15 is 0 Å². The van der Waals surface area contributed by atoms with Gasteiger partial charge >= 0.3 is 0 Å². The molecule has 0 heterocycles. The van der Waals surface area contributed by atoms with Crippen LogP contribution < -0.4 is 11.1 Å². The van der Waals surface area contributed by atoms with Crippen LogP contribution in [0.4, 0.5) is 5.69 Å². The Morgan fingerprint density at radius 3 is 2.62 bits per heavy atom. The highest BCUT2D eigenvalue weighted by Gasteiger charge is 2.59. The van der Waals surface area contributed by atoms with E-state index in [0.29, 0.717) is 21.9 Å². The quantitative estimate of drug-likeness (QED) is 0.760. The first-order chi connectivity index (χ1) is 9.74. The Labute approximate surface area is 141 Å². The maximum atomic E-state index is 5.70. The van der Waals surface area contributed by atoms with Crippen LogP contribution in [0.2, 0.25) is 0 Å². The predicted octanol–water partition coefficient (Wildman–Crippen LogP) is 4.71. The summed E-state index contributed by atoms with van der Waals surface area (Å²) < 4.78 is 1.04. The van der Waals surface area contributed by atoms with Gasteiger partial charge in [-0.15, -0.1) is 0 Å². The molecule has 2 saturated carbocycles. The third-order valence-corrected chi connectivity index (χ3v) is 6.71. The van der Waals surface area contributed by atoms with E-state index < -0.39 is 0 Å². The summed E-state index contributed by atoms with van der Waals surface area (Å²) in [5, 5.41) is 3.81. The van der Waals surface area contributed by atoms with Crippen molar-refractivity contribution < 1.29 is 0 Å². The Morgan fingerprint density at radius 2 is 2.10 bits per heavy atom. The molecule has 4 heteroatoms. The van der Waals surface area contributed by atoms with Crippen LogP contribution in [0, 0.1) is 16.7 Å². The smallest absolute Gasteiger partial charge is 0.104 e. The maximum Gasteiger partial charge on any atom is 0.104 e. The van der Waals surface area contributed by atoms with Crippen LogP contribution in [-0.2, 0) is 0 Å². The number of hydrogen-bond donors (Lipinski definition) is 2. The molecule has 21 heavy (non-hydrogen) atoms. The maximum absolute atomic E-state index is 5.70. The van der Waals surface area contributed by atoms with Gasteiger partial charge in [-0.3, -0.25) is 0 Å². The van der Waals surface area contributed by atoms with Crippen molar-refractivity contribution in [3.63, 3.8) is 0 Å². The Balaban J connectivity index is 1.88. The molecular formula is C17H23BrN2S. The zero-order chi connectivity index (χ0) is 15.4. The summed E-state index contributed by atoms with van der Waals surface area (Å²) >= 11 is 8.70. The third-order valence-electron chi connectivity index (χ3n) is 5.82. The number of hydrogen-bond acceptors (Lipinski definition) is 2. The third kappa shape index (κ3) is 2.40. The van der Waals surface area contributed by atoms with Gasteiger partial charge in [0.15, 0.2) is 0 Å². The van der Waals surface area contributed by atoms with Crippen molar-refractivity contribution in [2.45, 2.75) is 46.1 Å². The lowest BCUT2D eigenvalue weighted by Crippen LogP contribution is -2.45. The minimum Gasteiger partial charge on any atom is -0.389 e. The summed E-state index contributed by atoms with van der Waals surface area (Å²) in [4.78, 5) is 0.439. The second-order valence-electron chi connectivity index (χ2n) is 7.55. The SMILES string of the molecule is CC12CCC(C1)C(C)(C)C2Nc1ccc(C(N)=S)cc1Br. The molecule has 0 saturated heterocycles. The fourth-order valence-corrected chi connectivity index (χ4v) is 5.22. The van der Waals surface area contributed by atoms with Gasteiger partial charge in [0.1, 0.15) is 4.99 Å². The lowest BCUT2D eigenvalue weighted by molar-refractivity contribution is 0.155. The molecule has 2 fully saturated rings. The van der Waals surface area contributed by atoms with Crippen LogP contribution in [0.5, 0.6) is 0 Å². The molecule has 3 rings (SSSR count). The average Bonchev–Trinajstić information content (AvgIpc) is 2.87. The molecule has 0 aliphatic heterocycles. The van der Waals surface area contributed by atoms with Crippen molar-refractivity contribution in [3.05, 3.63) is 28.2 Å². The summed E-state index contributed by atoms with van der Waals surface area (Å²) in [5.74, 6) is 0.842. The first-order valence-corrected chi connectivity index (χ1v) is 8.80. The topological polar surface area (TPSA) is 38.0 Å². The normalized spacial score (nSPS) is 33.1. The molecular weight excluding hydrogens is 344 g/mol. The number of anilines is 1. The van der Waals surface area contributed by atoms with Crippen LogP contribution in [0.15, 0.2) is 22.7 Å². The molecule has 0 aromatic heterocycles. The number of benzene rings is 1. The Morgan fingerprint density at radius 1 is 1.38 bits per heavy atom. The largest absolute Gasteiger partial charge is 0.389 e. The Hall–Kier alpha value is -0.610. The molecule has 1 aromatic carbocycles. The van der Waals surface area contributed by atoms with Crippen molar-refractivity contribution in [3.8, 4) is 0 Å². The van der Waals surface area contributed by atoms with E-state index in [1.807, 2.05) is 12.1 Å². The van der Waals surface area contributed by atoms with Gasteiger partial charge in [0.05, 0.1) is 0 Å². The van der Waals surface area contributed by atoms with E-state index in [1.54, 1.807) is 0 Å². The van der Waals surface area contributed by atoms with Crippen LogP contribution in [0.1, 0.15) is 45.6 Å². The molecule has 2 aliphatic carbocycles. The Kier molecular flexibility index (Phi) is 3.61. The molecule has 1 aromatic rings. The second-order valence-corrected chi connectivity index (χ2v) is 8.85. The first-order valence-electron chi connectivity index (χ1n) is 7.60. The van der Waals surface area contributed by atoms with Gasteiger partial charge in [-0.1, -0.05) is 33.0 Å². The number of nitrogens with one attached hydrogen (secondary N) is 1. The number of rotatable bonds is 3. The molecule has 3 N–H and O–H groups in total. The molecule has 3 atom stereocenters. The standard InChI is InChI=1S/C17H23BrN2S/c1-16(2)11-6-7-17(3,9-11)15(16)20-13-5-4-10(14(19)21)8-12(13)18/h4-5,8,11,15,20H,6-7,9H2,1-3H3,(H2,19,21). The van der Waals surface area contributed by atoms with Gasteiger partial charge in [0.25, 0.3) is 0 Å². The first kappa shape index (κ1) is 15.3. The van der Waals surface area contributed by atoms with E-state index in [0.717, 1.165) is 21.6 Å². The summed E-state index contributed by atoms with van der Waals surface area (Å²) in [7, 11) is 0. The van der Waals surface area contributed by atoms with Gasteiger partial charge in [0.2, 0.25) is 0 Å². The Bertz CT molecular complexity index is 594. The number of nitrogens with two attached hydrogens (primary N) is 1. The highest BCUT2D eigenvalue weighted by Crippen LogP contribution is 2.63. The van der Waals surface area contributed by atoms with Gasteiger partial charge in [0, 0.05) is 21.8 Å². The summed E-state index contributed by atoms with van der Waals surface area (Å²) in [6.45, 7) is 7.27. The van der Waals surface area contributed by atoms with Gasteiger partial charge in [-0.25, -0.2) is 0 Å². The van der Waals surface area contributed by atoms with Gasteiger partial charge in [-0.2, -0.15) is 0 Å². The molecule has 0 amide bonds. The van der Waals surface area contributed by atoms with Crippen LogP contribution in [0.3, 0.4) is 0 Å². The zero-order valence-corrected chi connectivity index (χ0v) is 15.3. The molecule has 2 aliphatic rings. The van der Waals surface area contributed by atoms with E-state index in [4.69, 9.17) is 18.0 Å². The molecule has 114 valence electrons. The number of halogens is 1. The van der Waals surface area contributed by atoms with Crippen LogP contribution in [0.25, 0.3) is 0 Å².